The Labute approximate surface area is 151 Å². The number of hydrogen-bond acceptors (Lipinski definition) is 3. The van der Waals surface area contributed by atoms with Crippen LogP contribution in [0.15, 0.2) is 54.6 Å². The highest BCUT2D eigenvalue weighted by Crippen LogP contribution is 2.28. The second-order valence-electron chi connectivity index (χ2n) is 5.75. The zero-order valence-corrected chi connectivity index (χ0v) is 14.4. The lowest BCUT2D eigenvalue weighted by Crippen LogP contribution is -2.26. The topological polar surface area (TPSA) is 46.2 Å². The van der Waals surface area contributed by atoms with E-state index < -0.39 is 22.7 Å². The first kappa shape index (κ1) is 18.1. The number of amides is 1. The minimum Gasteiger partial charge on any atom is -0.345 e. The number of nitrogens with one attached hydrogen (secondary N) is 1. The molecule has 0 saturated carbocycles. The summed E-state index contributed by atoms with van der Waals surface area (Å²) in [6.45, 7) is 1.80. The van der Waals surface area contributed by atoms with Gasteiger partial charge >= 0.3 is 6.18 Å². The molecule has 0 unspecified atom stereocenters. The van der Waals surface area contributed by atoms with Gasteiger partial charge in [-0.05, 0) is 35.4 Å². The van der Waals surface area contributed by atoms with E-state index in [0.29, 0.717) is 11.3 Å². The Balaban J connectivity index is 1.80. The van der Waals surface area contributed by atoms with Crippen molar-refractivity contribution in [2.75, 3.05) is 0 Å². The van der Waals surface area contributed by atoms with Gasteiger partial charge in [0, 0.05) is 0 Å². The average Bonchev–Trinajstić information content (AvgIpc) is 3.09. The third kappa shape index (κ3) is 3.62. The van der Waals surface area contributed by atoms with E-state index in [1.807, 2.05) is 42.5 Å². The number of halogens is 3. The van der Waals surface area contributed by atoms with Crippen LogP contribution in [-0.2, 0) is 0 Å². The van der Waals surface area contributed by atoms with Crippen LogP contribution in [0.25, 0.3) is 10.8 Å². The van der Waals surface area contributed by atoms with Gasteiger partial charge in [-0.25, -0.2) is 0 Å². The molecule has 0 saturated heterocycles. The number of rotatable bonds is 4. The van der Waals surface area contributed by atoms with Crippen molar-refractivity contribution in [3.05, 3.63) is 69.9 Å². The maximum absolute atomic E-state index is 12.5. The van der Waals surface area contributed by atoms with Crippen LogP contribution in [-0.4, -0.2) is 17.9 Å². The molecule has 1 aromatic heterocycles. The van der Waals surface area contributed by atoms with E-state index >= 15 is 0 Å². The molecule has 0 radical (unpaired) electrons. The molecule has 0 aliphatic heterocycles. The summed E-state index contributed by atoms with van der Waals surface area (Å²) in [6, 6.07) is 15.4. The van der Waals surface area contributed by atoms with E-state index in [9.17, 15) is 22.8 Å². The molecule has 1 N–H and O–H groups in total. The summed E-state index contributed by atoms with van der Waals surface area (Å²) >= 11 is 0.535. The fourth-order valence-corrected chi connectivity index (χ4v) is 3.56. The molecule has 134 valence electrons. The van der Waals surface area contributed by atoms with Gasteiger partial charge in [-0.2, -0.15) is 13.2 Å². The number of carbonyl (C=O) groups is 2. The van der Waals surface area contributed by atoms with Crippen molar-refractivity contribution in [2.24, 2.45) is 0 Å². The molecule has 7 heteroatoms. The Bertz CT molecular complexity index is 973. The highest BCUT2D eigenvalue weighted by atomic mass is 32.1. The number of ketones is 1. The highest BCUT2D eigenvalue weighted by molar-refractivity contribution is 7.16. The van der Waals surface area contributed by atoms with Crippen LogP contribution in [0, 0.1) is 0 Å². The van der Waals surface area contributed by atoms with E-state index in [1.165, 1.54) is 6.07 Å². The summed E-state index contributed by atoms with van der Waals surface area (Å²) in [6.07, 6.45) is -4.95. The van der Waals surface area contributed by atoms with Crippen molar-refractivity contribution in [3.63, 3.8) is 0 Å². The maximum atomic E-state index is 12.5. The van der Waals surface area contributed by atoms with E-state index in [1.54, 1.807) is 6.92 Å². The van der Waals surface area contributed by atoms with Crippen LogP contribution in [0.5, 0.6) is 0 Å². The fourth-order valence-electron chi connectivity index (χ4n) is 2.70. The van der Waals surface area contributed by atoms with Gasteiger partial charge < -0.3 is 5.32 Å². The normalized spacial score (nSPS) is 12.8. The summed E-state index contributed by atoms with van der Waals surface area (Å²) in [7, 11) is 0. The van der Waals surface area contributed by atoms with Crippen LogP contribution in [0.1, 0.15) is 37.9 Å². The van der Waals surface area contributed by atoms with Crippen molar-refractivity contribution in [3.8, 4) is 0 Å². The van der Waals surface area contributed by atoms with Gasteiger partial charge in [0.1, 0.15) is 0 Å². The number of Topliss-reactive ketones (excluding diaryl/α,β-unsaturated/α-hetero) is 1. The largest absolute Gasteiger partial charge is 0.455 e. The number of alkyl halides is 3. The van der Waals surface area contributed by atoms with E-state index in [4.69, 9.17) is 0 Å². The van der Waals surface area contributed by atoms with E-state index in [-0.39, 0.29) is 10.9 Å². The monoisotopic (exact) mass is 377 g/mol. The number of benzene rings is 2. The summed E-state index contributed by atoms with van der Waals surface area (Å²) in [5.41, 5.74) is 0.902. The third-order valence-corrected chi connectivity index (χ3v) is 5.03. The molecule has 0 fully saturated rings. The fraction of sp³-hybridized carbons (Fsp3) is 0.158. The van der Waals surface area contributed by atoms with Crippen LogP contribution in [0.4, 0.5) is 13.2 Å². The first-order chi connectivity index (χ1) is 12.3. The number of thiophene rings is 1. The first-order valence-electron chi connectivity index (χ1n) is 7.77. The van der Waals surface area contributed by atoms with Gasteiger partial charge in [0.05, 0.1) is 15.8 Å². The molecule has 1 atom stereocenters. The molecule has 0 bridgehead atoms. The van der Waals surface area contributed by atoms with Gasteiger partial charge in [0.15, 0.2) is 0 Å². The highest BCUT2D eigenvalue weighted by Gasteiger charge is 2.40. The standard InChI is InChI=1S/C19H14F3NO2S/c1-11(13-8-4-6-12-5-2-3-7-14(12)13)23-18(25)16-10-9-15(26-16)17(24)19(20,21)22/h2-11H,1H3,(H,23,25)/t11-/m1/s1. The third-order valence-electron chi connectivity index (χ3n) is 3.95. The molecule has 1 heterocycles. The number of carbonyl (C=O) groups excluding carboxylic acids is 2. The molecular formula is C19H14F3NO2S. The summed E-state index contributed by atoms with van der Waals surface area (Å²) in [5.74, 6) is -2.46. The van der Waals surface area contributed by atoms with Crippen LogP contribution < -0.4 is 5.32 Å². The molecule has 2 aromatic carbocycles. The first-order valence-corrected chi connectivity index (χ1v) is 8.59. The van der Waals surface area contributed by atoms with E-state index in [2.05, 4.69) is 5.32 Å². The Hall–Kier alpha value is -2.67. The van der Waals surface area contributed by atoms with Gasteiger partial charge in [-0.1, -0.05) is 42.5 Å². The van der Waals surface area contributed by atoms with Crippen LogP contribution in [0.3, 0.4) is 0 Å². The molecule has 0 aliphatic rings. The zero-order chi connectivity index (χ0) is 18.9. The molecule has 1 amide bonds. The minimum atomic E-state index is -4.95. The van der Waals surface area contributed by atoms with Gasteiger partial charge in [0.25, 0.3) is 11.7 Å². The Morgan fingerprint density at radius 1 is 0.962 bits per heavy atom. The lowest BCUT2D eigenvalue weighted by Gasteiger charge is -2.16. The molecule has 0 spiro atoms. The molecule has 0 aliphatic carbocycles. The lowest BCUT2D eigenvalue weighted by molar-refractivity contribution is -0.0882. The van der Waals surface area contributed by atoms with Crippen molar-refractivity contribution in [1.29, 1.82) is 0 Å². The SMILES string of the molecule is C[C@@H](NC(=O)c1ccc(C(=O)C(F)(F)F)s1)c1cccc2ccccc12. The van der Waals surface area contributed by atoms with Crippen molar-refractivity contribution in [1.82, 2.24) is 5.32 Å². The predicted molar refractivity (Wildman–Crippen MR) is 94.5 cm³/mol. The Kier molecular flexibility index (Phi) is 4.82. The lowest BCUT2D eigenvalue weighted by atomic mass is 10.00. The Morgan fingerprint density at radius 2 is 1.62 bits per heavy atom. The molecule has 3 aromatic rings. The second kappa shape index (κ2) is 6.92. The quantitative estimate of drug-likeness (QED) is 0.640. The maximum Gasteiger partial charge on any atom is 0.455 e. The second-order valence-corrected chi connectivity index (χ2v) is 6.84. The summed E-state index contributed by atoms with van der Waals surface area (Å²) in [5, 5.41) is 4.79. The minimum absolute atomic E-state index is 0.0599. The van der Waals surface area contributed by atoms with Crippen molar-refractivity contribution < 1.29 is 22.8 Å². The smallest absolute Gasteiger partial charge is 0.345 e. The predicted octanol–water partition coefficient (Wildman–Crippen LogP) is 5.14. The van der Waals surface area contributed by atoms with Gasteiger partial charge in [-0.15, -0.1) is 11.3 Å². The number of fused-ring (bicyclic) bond motifs is 1. The molecule has 26 heavy (non-hydrogen) atoms. The van der Waals surface area contributed by atoms with Gasteiger partial charge in [0.2, 0.25) is 0 Å². The summed E-state index contributed by atoms with van der Waals surface area (Å²) in [4.78, 5) is 23.2. The molecule has 3 rings (SSSR count). The zero-order valence-electron chi connectivity index (χ0n) is 13.6. The van der Waals surface area contributed by atoms with Gasteiger partial charge in [-0.3, -0.25) is 9.59 Å². The molecular weight excluding hydrogens is 363 g/mol. The van der Waals surface area contributed by atoms with Crippen molar-refractivity contribution >= 4 is 33.8 Å². The Morgan fingerprint density at radius 3 is 2.35 bits per heavy atom. The van der Waals surface area contributed by atoms with Crippen LogP contribution >= 0.6 is 11.3 Å². The van der Waals surface area contributed by atoms with Crippen molar-refractivity contribution in [2.45, 2.75) is 19.1 Å². The average molecular weight is 377 g/mol. The molecule has 3 nitrogen and oxygen atoms in total. The summed E-state index contributed by atoms with van der Waals surface area (Å²) < 4.78 is 37.4. The van der Waals surface area contributed by atoms with Crippen LogP contribution in [0.2, 0.25) is 0 Å². The van der Waals surface area contributed by atoms with E-state index in [0.717, 1.165) is 22.4 Å². The number of hydrogen-bond donors (Lipinski definition) is 1.